The quantitative estimate of drug-likeness (QED) is 0.0741. The number of aromatic nitrogens is 19. The molecule has 0 fully saturated rings. The van der Waals surface area contributed by atoms with E-state index in [1.54, 1.807) is 113 Å². The number of halogens is 3. The van der Waals surface area contributed by atoms with Crippen LogP contribution >= 0.6 is 0 Å². The summed E-state index contributed by atoms with van der Waals surface area (Å²) in [6, 6.07) is 70.7. The standard InChI is InChI=1S/C21H20N4O.2C20H18N4O.C20H17N3O2.C17H16F3N3O2.C17H19N3O2/c1-15-11-17(13-23(2)21(15)26)16-9-10-19-22-12-20(25(19)14-16)24(3)18-7-5-4-6-8-18;1-14-9-16(12-23(2)20(14)25)15-6-7-19-22-11-18(24(19)13-15)10-17-5-3-4-8-21-17;1-14-10-16(12-23(2)20(14)25)15-8-9-18-21-11-19(24(18)13-15)22-17-6-4-3-5-7-17;1-14-10-16(12-22(2)20(14)24)15-8-9-18-21-11-19(23(18)13-15)25-17-6-4-3-5-7-17;1-11-5-13(7-22(2)16(11)24)12-3-4-15-21-6-14(23(15)8-12)9-25-10-17(18,19)20;1-4-22-11-15-8-18-16-6-5-13(10-20(15)16)14-7-12(2)17(21)19(3)9-14/h4-14H,1-3H3;3-9,11-13H,10H2,1-2H3;3-13,22H,1-2H3;3-13H,1-2H3;3-8H,9-10H2,1-2H3;5-10H,4,11H2,1-3H3. The number of hydrogen-bond acceptors (Lipinski definition) is 18. The van der Waals surface area contributed by atoms with E-state index in [9.17, 15) is 41.9 Å². The number of anilines is 4. The minimum Gasteiger partial charge on any atom is -0.439 e. The lowest BCUT2D eigenvalue weighted by Gasteiger charge is -2.18. The van der Waals surface area contributed by atoms with Gasteiger partial charge in [-0.25, -0.2) is 29.9 Å². The van der Waals surface area contributed by atoms with Gasteiger partial charge in [0.1, 0.15) is 57.9 Å². The van der Waals surface area contributed by atoms with E-state index >= 15 is 0 Å². The zero-order valence-electron chi connectivity index (χ0n) is 84.0. The summed E-state index contributed by atoms with van der Waals surface area (Å²) >= 11 is 0. The Hall–Kier alpha value is -18.2. The Kier molecular flexibility index (Phi) is 30.3. The van der Waals surface area contributed by atoms with Gasteiger partial charge in [-0.05, 0) is 256 Å². The molecule has 0 radical (unpaired) electrons. The van der Waals surface area contributed by atoms with Crippen molar-refractivity contribution < 1.29 is 27.4 Å². The minimum atomic E-state index is -4.36. The van der Waals surface area contributed by atoms with Crippen LogP contribution in [0.25, 0.3) is 101 Å². The molecule has 22 rings (SSSR count). The van der Waals surface area contributed by atoms with Crippen LogP contribution in [0.3, 0.4) is 0 Å². The van der Waals surface area contributed by atoms with E-state index in [4.69, 9.17) is 14.2 Å². The fourth-order valence-electron chi connectivity index (χ4n) is 17.2. The molecule has 30 nitrogen and oxygen atoms in total. The molecule has 148 heavy (non-hydrogen) atoms. The molecule has 0 amide bonds. The molecule has 19 aromatic heterocycles. The third-order valence-electron chi connectivity index (χ3n) is 24.9. The first-order valence-corrected chi connectivity index (χ1v) is 47.5. The Morgan fingerprint density at radius 1 is 0.324 bits per heavy atom. The minimum absolute atomic E-state index is 0.0144. The number of aryl methyl sites for hydroxylation is 12. The Morgan fingerprint density at radius 2 is 0.649 bits per heavy atom. The van der Waals surface area contributed by atoms with Gasteiger partial charge in [-0.3, -0.25) is 47.0 Å². The van der Waals surface area contributed by atoms with Crippen LogP contribution in [0.15, 0.2) is 365 Å². The van der Waals surface area contributed by atoms with Gasteiger partial charge in [-0.2, -0.15) is 13.2 Å². The largest absolute Gasteiger partial charge is 0.439 e. The Balaban J connectivity index is 0.000000121. The lowest BCUT2D eigenvalue weighted by atomic mass is 10.1. The van der Waals surface area contributed by atoms with E-state index in [2.05, 4.69) is 78.4 Å². The number of nitrogens with zero attached hydrogens (tertiary/aromatic N) is 20. The van der Waals surface area contributed by atoms with Gasteiger partial charge in [-0.15, -0.1) is 0 Å². The molecule has 0 aliphatic rings. The predicted octanol–water partition coefficient (Wildman–Crippen LogP) is 20.0. The highest BCUT2D eigenvalue weighted by molar-refractivity contribution is 5.73. The van der Waals surface area contributed by atoms with E-state index in [1.807, 2.05) is 330 Å². The summed E-state index contributed by atoms with van der Waals surface area (Å²) in [4.78, 5) is 104. The van der Waals surface area contributed by atoms with E-state index in [0.717, 1.165) is 170 Å². The highest BCUT2D eigenvalue weighted by atomic mass is 19.4. The number of benzene rings is 3. The van der Waals surface area contributed by atoms with Crippen molar-refractivity contribution in [3.8, 4) is 78.4 Å². The van der Waals surface area contributed by atoms with Crippen molar-refractivity contribution in [3.63, 3.8) is 0 Å². The van der Waals surface area contributed by atoms with Gasteiger partial charge >= 0.3 is 6.18 Å². The van der Waals surface area contributed by atoms with Crippen LogP contribution < -0.4 is 48.3 Å². The summed E-state index contributed by atoms with van der Waals surface area (Å²) in [5, 5.41) is 3.38. The van der Waals surface area contributed by atoms with Crippen molar-refractivity contribution in [2.45, 2.75) is 74.3 Å². The molecular formula is C115H108F3N21O9. The fourth-order valence-corrected chi connectivity index (χ4v) is 17.2. The molecule has 19 heterocycles. The summed E-state index contributed by atoms with van der Waals surface area (Å²) in [7, 11) is 12.6. The Morgan fingerprint density at radius 3 is 1.04 bits per heavy atom. The van der Waals surface area contributed by atoms with Gasteiger partial charge in [0.15, 0.2) is 0 Å². The van der Waals surface area contributed by atoms with Gasteiger partial charge in [0, 0.05) is 222 Å². The predicted molar refractivity (Wildman–Crippen MR) is 572 cm³/mol. The second-order valence-electron chi connectivity index (χ2n) is 36.0. The normalized spacial score (nSPS) is 11.2. The lowest BCUT2D eigenvalue weighted by Crippen LogP contribution is -2.18. The molecule has 0 saturated carbocycles. The molecule has 748 valence electrons. The van der Waals surface area contributed by atoms with Crippen LogP contribution in [-0.4, -0.2) is 115 Å². The molecule has 0 aliphatic heterocycles. The maximum Gasteiger partial charge on any atom is 0.411 e. The number of fused-ring (bicyclic) bond motifs is 6. The lowest BCUT2D eigenvalue weighted by molar-refractivity contribution is -0.176. The van der Waals surface area contributed by atoms with Gasteiger partial charge in [-0.1, -0.05) is 60.7 Å². The summed E-state index contributed by atoms with van der Waals surface area (Å²) in [5.41, 5.74) is 26.8. The average molecular weight is 1990 g/mol. The smallest absolute Gasteiger partial charge is 0.411 e. The number of alkyl halides is 3. The number of hydrogen-bond donors (Lipinski definition) is 1. The second kappa shape index (κ2) is 44.3. The van der Waals surface area contributed by atoms with Crippen LogP contribution in [0, 0.1) is 41.5 Å². The second-order valence-corrected chi connectivity index (χ2v) is 36.0. The third-order valence-corrected chi connectivity index (χ3v) is 24.9. The van der Waals surface area contributed by atoms with Gasteiger partial charge in [0.25, 0.3) is 33.4 Å². The number of ether oxygens (including phenoxy) is 3. The van der Waals surface area contributed by atoms with E-state index in [1.165, 1.54) is 10.8 Å². The van der Waals surface area contributed by atoms with Crippen LogP contribution in [0.4, 0.5) is 36.2 Å². The first-order chi connectivity index (χ1) is 71.2. The first-order valence-electron chi connectivity index (χ1n) is 47.5. The van der Waals surface area contributed by atoms with Crippen molar-refractivity contribution in [1.82, 2.24) is 88.7 Å². The molecule has 0 aliphatic carbocycles. The van der Waals surface area contributed by atoms with Gasteiger partial charge in [0.2, 0.25) is 5.88 Å². The van der Waals surface area contributed by atoms with E-state index in [0.29, 0.717) is 41.6 Å². The number of nitrogens with one attached hydrogen (secondary N) is 1. The monoisotopic (exact) mass is 1980 g/mol. The number of rotatable bonds is 20. The zero-order valence-corrected chi connectivity index (χ0v) is 84.0. The zero-order chi connectivity index (χ0) is 104. The molecule has 33 heteroatoms. The topological polar surface area (TPSA) is 292 Å². The number of para-hydroxylation sites is 3. The van der Waals surface area contributed by atoms with Crippen molar-refractivity contribution in [2.24, 2.45) is 42.3 Å². The van der Waals surface area contributed by atoms with E-state index in [-0.39, 0.29) is 40.0 Å². The van der Waals surface area contributed by atoms with Crippen LogP contribution in [0.5, 0.6) is 11.6 Å². The van der Waals surface area contributed by atoms with Crippen LogP contribution in [-0.2, 0) is 71.4 Å². The van der Waals surface area contributed by atoms with Crippen molar-refractivity contribution in [1.29, 1.82) is 0 Å². The maximum absolute atomic E-state index is 12.2. The first kappa shape index (κ1) is 101. The van der Waals surface area contributed by atoms with Gasteiger partial charge in [0.05, 0.1) is 55.6 Å². The Bertz CT molecular complexity index is 8410. The molecule has 0 unspecified atom stereocenters. The summed E-state index contributed by atoms with van der Waals surface area (Å²) in [5.74, 6) is 3.27. The third kappa shape index (κ3) is 23.3. The van der Waals surface area contributed by atoms with Crippen molar-refractivity contribution in [2.75, 3.05) is 30.5 Å². The molecule has 3 aromatic carbocycles. The SMILES string of the molecule is CCOCc1cnc2ccc(-c3cc(C)c(=O)n(C)c3)cn12.Cc1cc(-c2ccc3ncc(COCC(F)(F)F)n3c2)cn(C)c1=O.Cc1cc(-c2ccc3ncc(Cc4ccccn4)n3c2)cn(C)c1=O.Cc1cc(-c2ccc3ncc(N(C)c4ccccc4)n3c2)cn(C)c1=O.Cc1cc(-c2ccc3ncc(Nc4ccccc4)n3c2)cn(C)c1=O.Cc1cc(-c2ccc3ncc(Oc4ccccc4)n3c2)cn(C)c1=O. The number of pyridine rings is 13. The summed E-state index contributed by atoms with van der Waals surface area (Å²) in [6.07, 6.45) is 31.7. The number of imidazole rings is 6. The highest BCUT2D eigenvalue weighted by Gasteiger charge is 2.28. The maximum atomic E-state index is 12.2. The van der Waals surface area contributed by atoms with Gasteiger partial charge < -0.3 is 65.0 Å². The molecule has 0 spiro atoms. The average Bonchev–Trinajstić information content (AvgIpc) is 1.63. The van der Waals surface area contributed by atoms with Crippen LogP contribution in [0.1, 0.15) is 63.1 Å². The van der Waals surface area contributed by atoms with Crippen molar-refractivity contribution in [3.05, 3.63) is 454 Å². The van der Waals surface area contributed by atoms with Crippen LogP contribution in [0.2, 0.25) is 0 Å². The molecule has 0 atom stereocenters. The Labute approximate surface area is 848 Å². The molecule has 22 aromatic rings. The highest BCUT2D eigenvalue weighted by Crippen LogP contribution is 2.33. The van der Waals surface area contributed by atoms with E-state index < -0.39 is 12.8 Å². The molecule has 0 saturated heterocycles. The summed E-state index contributed by atoms with van der Waals surface area (Å²) < 4.78 is 74.2. The summed E-state index contributed by atoms with van der Waals surface area (Å²) in [6.45, 7) is 12.6. The molecule has 0 bridgehead atoms. The molecular weight excluding hydrogens is 1880 g/mol. The van der Waals surface area contributed by atoms with Crippen molar-refractivity contribution >= 4 is 56.9 Å². The fraction of sp³-hybridized carbons (Fsp3) is 0.174. The molecule has 1 N–H and O–H groups in total.